The number of nitrogens with zero attached hydrogens (tertiary/aromatic N) is 8. The SMILES string of the molecule is c1ccc(-c2cccc(-c3cccc4c3c3ccccc3n4-c3ccc(-c4nc(-c5ccccc5)nc(-c5ccc6ccccc6c5)n4)c4ccccc34)c2)cc1.c1ccc(-c2nc(-c3ccccc3)nc(-c3ccc(-n4c5ccccc5c5c(-c6ccc7ccccc7c6)cccc54)c4ccccc34)n2)cc1. The van der Waals surface area contributed by atoms with Crippen LogP contribution in [0.5, 0.6) is 0 Å². The van der Waals surface area contributed by atoms with Gasteiger partial charge in [0, 0.05) is 65.7 Å². The summed E-state index contributed by atoms with van der Waals surface area (Å²) in [4.78, 5) is 30.5. The average Bonchev–Trinajstić information content (AvgIpc) is 1.58. The fraction of sp³-hybridized carbons (Fsp3) is 0. The minimum atomic E-state index is 0.637. The van der Waals surface area contributed by atoms with Crippen molar-refractivity contribution in [2.75, 3.05) is 0 Å². The average molecular weight is 1380 g/mol. The van der Waals surface area contributed by atoms with Gasteiger partial charge in [-0.3, -0.25) is 0 Å². The molecule has 8 nitrogen and oxygen atoms in total. The summed E-state index contributed by atoms with van der Waals surface area (Å²) in [5.41, 5.74) is 19.8. The Morgan fingerprint density at radius 3 is 0.935 bits per heavy atom. The summed E-state index contributed by atoms with van der Waals surface area (Å²) >= 11 is 0. The lowest BCUT2D eigenvalue weighted by Gasteiger charge is -2.15. The van der Waals surface area contributed by atoms with E-state index in [2.05, 4.69) is 319 Å². The maximum absolute atomic E-state index is 5.19. The first kappa shape index (κ1) is 63.1. The predicted molar refractivity (Wildman–Crippen MR) is 447 cm³/mol. The minimum Gasteiger partial charge on any atom is -0.309 e. The molecule has 0 bridgehead atoms. The Bertz CT molecular complexity index is 6990. The Labute approximate surface area is 623 Å². The minimum absolute atomic E-state index is 0.637. The molecule has 0 saturated carbocycles. The first-order chi connectivity index (χ1) is 53.6. The highest BCUT2D eigenvalue weighted by atomic mass is 15.1. The van der Waals surface area contributed by atoms with E-state index in [0.717, 1.165) is 93.8 Å². The number of benzene rings is 17. The Kier molecular flexibility index (Phi) is 15.7. The molecule has 17 aromatic carbocycles. The van der Waals surface area contributed by atoms with E-state index >= 15 is 0 Å². The van der Waals surface area contributed by atoms with Crippen molar-refractivity contribution in [3.05, 3.63) is 388 Å². The molecule has 0 unspecified atom stereocenters. The van der Waals surface area contributed by atoms with Crippen molar-refractivity contribution in [2.45, 2.75) is 0 Å². The number of hydrogen-bond acceptors (Lipinski definition) is 6. The van der Waals surface area contributed by atoms with Gasteiger partial charge < -0.3 is 9.13 Å². The maximum Gasteiger partial charge on any atom is 0.164 e. The zero-order valence-electron chi connectivity index (χ0n) is 58.5. The molecule has 21 aromatic rings. The van der Waals surface area contributed by atoms with Gasteiger partial charge >= 0.3 is 0 Å². The van der Waals surface area contributed by atoms with Gasteiger partial charge in [0.1, 0.15) is 0 Å². The molecule has 0 spiro atoms. The summed E-state index contributed by atoms with van der Waals surface area (Å²) in [5.74, 6) is 3.86. The number of para-hydroxylation sites is 2. The maximum atomic E-state index is 5.19. The number of hydrogen-bond donors (Lipinski definition) is 0. The summed E-state index contributed by atoms with van der Waals surface area (Å²) in [7, 11) is 0. The van der Waals surface area contributed by atoms with Crippen LogP contribution in [0.3, 0.4) is 0 Å². The second-order valence-corrected chi connectivity index (χ2v) is 27.2. The highest BCUT2D eigenvalue weighted by Gasteiger charge is 2.24. The van der Waals surface area contributed by atoms with Gasteiger partial charge in [-0.05, 0) is 132 Å². The Morgan fingerprint density at radius 1 is 0.157 bits per heavy atom. The van der Waals surface area contributed by atoms with Gasteiger partial charge in [0.25, 0.3) is 0 Å². The van der Waals surface area contributed by atoms with Crippen LogP contribution in [-0.4, -0.2) is 39.0 Å². The van der Waals surface area contributed by atoms with Crippen molar-refractivity contribution >= 4 is 86.7 Å². The molecule has 108 heavy (non-hydrogen) atoms. The standard InChI is InChI=1S/C53H34N4.C47H30N4/c1-3-15-35(16-4-1)39-21-13-22-40(33-39)42-26-14-28-49-50(42)46-25-11-12-27-47(46)57(49)48-32-31-45(43-23-9-10-24-44(43)48)53-55-51(37-18-5-2-6-19-37)54-52(56-53)41-30-29-36-17-7-8-20-38(36)34-41;1-3-15-32(16-4-1)45-48-46(33-17-5-2-6-18-33)50-47(49-45)39-28-29-42(38-21-10-9-20-37(38)39)51-41-24-12-11-22-40(41)44-36(23-13-25-43(44)51)35-27-26-31-14-7-8-19-34(31)30-35/h1-34H;1-30H. The third kappa shape index (κ3) is 11.3. The van der Waals surface area contributed by atoms with Gasteiger partial charge in [-0.25, -0.2) is 29.9 Å². The quantitative estimate of drug-likeness (QED) is 0.128. The molecule has 0 aliphatic heterocycles. The predicted octanol–water partition coefficient (Wildman–Crippen LogP) is 25.6. The van der Waals surface area contributed by atoms with Gasteiger partial charge in [-0.1, -0.05) is 322 Å². The molecule has 0 radical (unpaired) electrons. The van der Waals surface area contributed by atoms with E-state index in [1.165, 1.54) is 71.1 Å². The molecule has 0 saturated heterocycles. The Morgan fingerprint density at radius 2 is 0.472 bits per heavy atom. The van der Waals surface area contributed by atoms with Gasteiger partial charge in [0.05, 0.1) is 33.4 Å². The largest absolute Gasteiger partial charge is 0.309 e. The summed E-state index contributed by atoms with van der Waals surface area (Å²) in [6.07, 6.45) is 0. The van der Waals surface area contributed by atoms with E-state index in [1.54, 1.807) is 0 Å². The molecule has 4 aromatic heterocycles. The van der Waals surface area contributed by atoms with E-state index in [-0.39, 0.29) is 0 Å². The zero-order valence-corrected chi connectivity index (χ0v) is 58.5. The van der Waals surface area contributed by atoms with Crippen LogP contribution in [0.1, 0.15) is 0 Å². The second kappa shape index (κ2) is 26.9. The fourth-order valence-electron chi connectivity index (χ4n) is 15.8. The van der Waals surface area contributed by atoms with E-state index in [9.17, 15) is 0 Å². The lowest BCUT2D eigenvalue weighted by atomic mass is 9.96. The second-order valence-electron chi connectivity index (χ2n) is 27.2. The normalized spacial score (nSPS) is 11.5. The lowest BCUT2D eigenvalue weighted by Crippen LogP contribution is -2.01. The van der Waals surface area contributed by atoms with Crippen molar-refractivity contribution in [3.8, 4) is 113 Å². The van der Waals surface area contributed by atoms with Crippen LogP contribution in [0.25, 0.3) is 200 Å². The van der Waals surface area contributed by atoms with Crippen molar-refractivity contribution in [2.24, 2.45) is 0 Å². The molecule has 0 N–H and O–H groups in total. The van der Waals surface area contributed by atoms with Crippen LogP contribution in [0.15, 0.2) is 388 Å². The summed E-state index contributed by atoms with van der Waals surface area (Å²) in [5, 5.41) is 14.1. The van der Waals surface area contributed by atoms with Crippen LogP contribution in [0, 0.1) is 0 Å². The smallest absolute Gasteiger partial charge is 0.164 e. The summed E-state index contributed by atoms with van der Waals surface area (Å²) in [6, 6.07) is 137. The number of fused-ring (bicyclic) bond motifs is 10. The molecule has 0 atom stereocenters. The molecule has 504 valence electrons. The molecule has 21 rings (SSSR count). The number of rotatable bonds is 11. The van der Waals surface area contributed by atoms with Crippen molar-refractivity contribution in [1.82, 2.24) is 39.0 Å². The highest BCUT2D eigenvalue weighted by Crippen LogP contribution is 2.45. The first-order valence-electron chi connectivity index (χ1n) is 36.5. The Balaban J connectivity index is 0.000000143. The van der Waals surface area contributed by atoms with Gasteiger partial charge in [0.2, 0.25) is 0 Å². The first-order valence-corrected chi connectivity index (χ1v) is 36.5. The number of aromatic nitrogens is 8. The van der Waals surface area contributed by atoms with E-state index in [0.29, 0.717) is 34.9 Å². The molecule has 8 heteroatoms. The molecule has 0 aliphatic carbocycles. The molecule has 4 heterocycles. The molecule has 0 fully saturated rings. The third-order valence-electron chi connectivity index (χ3n) is 20.9. The van der Waals surface area contributed by atoms with Crippen LogP contribution >= 0.6 is 0 Å². The Hall–Kier alpha value is -14.6. The topological polar surface area (TPSA) is 87.2 Å². The van der Waals surface area contributed by atoms with Crippen molar-refractivity contribution in [3.63, 3.8) is 0 Å². The summed E-state index contributed by atoms with van der Waals surface area (Å²) < 4.78 is 4.84. The highest BCUT2D eigenvalue weighted by molar-refractivity contribution is 6.19. The fourth-order valence-corrected chi connectivity index (χ4v) is 15.8. The van der Waals surface area contributed by atoms with Crippen LogP contribution < -0.4 is 0 Å². The van der Waals surface area contributed by atoms with Crippen LogP contribution in [0.2, 0.25) is 0 Å². The van der Waals surface area contributed by atoms with Gasteiger partial charge in [-0.2, -0.15) is 0 Å². The van der Waals surface area contributed by atoms with E-state index < -0.39 is 0 Å². The van der Waals surface area contributed by atoms with E-state index in [4.69, 9.17) is 29.9 Å². The monoisotopic (exact) mass is 1380 g/mol. The zero-order chi connectivity index (χ0) is 71.4. The van der Waals surface area contributed by atoms with Crippen molar-refractivity contribution < 1.29 is 0 Å². The summed E-state index contributed by atoms with van der Waals surface area (Å²) in [6.45, 7) is 0. The van der Waals surface area contributed by atoms with Gasteiger partial charge in [-0.15, -0.1) is 0 Å². The lowest BCUT2D eigenvalue weighted by molar-refractivity contribution is 1.08. The van der Waals surface area contributed by atoms with Crippen LogP contribution in [-0.2, 0) is 0 Å². The molecular weight excluding hydrogens is 1310 g/mol. The van der Waals surface area contributed by atoms with Crippen molar-refractivity contribution in [1.29, 1.82) is 0 Å². The van der Waals surface area contributed by atoms with E-state index in [1.807, 2.05) is 78.9 Å². The molecule has 0 aliphatic rings. The molecular formula is C100H64N8. The third-order valence-corrected chi connectivity index (χ3v) is 20.9. The van der Waals surface area contributed by atoms with Crippen LogP contribution in [0.4, 0.5) is 0 Å². The van der Waals surface area contributed by atoms with Gasteiger partial charge in [0.15, 0.2) is 34.9 Å². The molecule has 0 amide bonds.